The van der Waals surface area contributed by atoms with Gasteiger partial charge in [0.1, 0.15) is 11.2 Å². The van der Waals surface area contributed by atoms with E-state index in [0.717, 1.165) is 37.9 Å². The van der Waals surface area contributed by atoms with Gasteiger partial charge in [0.15, 0.2) is 0 Å². The van der Waals surface area contributed by atoms with Crippen molar-refractivity contribution >= 4 is 61.2 Å². The Morgan fingerprint density at radius 1 is 0.962 bits per heavy atom. The Balaban J connectivity index is 1.39. The first-order valence-corrected chi connectivity index (χ1v) is 10.2. The van der Waals surface area contributed by atoms with Crippen LogP contribution in [0.15, 0.2) is 75.6 Å². The molecule has 1 aromatic heterocycles. The van der Waals surface area contributed by atoms with Crippen LogP contribution in [-0.2, 0) is 10.5 Å². The van der Waals surface area contributed by atoms with Gasteiger partial charge in [-0.1, -0.05) is 46.3 Å². The van der Waals surface area contributed by atoms with Crippen LogP contribution in [-0.4, -0.2) is 11.7 Å². The van der Waals surface area contributed by atoms with Crippen molar-refractivity contribution in [2.75, 3.05) is 11.1 Å². The topological polar surface area (TPSA) is 42.2 Å². The number of hydrogen-bond donors (Lipinski definition) is 1. The summed E-state index contributed by atoms with van der Waals surface area (Å²) in [6, 6.07) is 21.9. The molecule has 4 aromatic rings. The second-order valence-corrected chi connectivity index (χ2v) is 7.88. The minimum atomic E-state index is -0.0115. The van der Waals surface area contributed by atoms with E-state index in [1.807, 2.05) is 54.6 Å². The number of fused-ring (bicyclic) bond motifs is 3. The molecule has 1 heterocycles. The monoisotopic (exact) mass is 425 g/mol. The van der Waals surface area contributed by atoms with Crippen molar-refractivity contribution in [1.82, 2.24) is 0 Å². The van der Waals surface area contributed by atoms with E-state index >= 15 is 0 Å². The Kier molecular flexibility index (Phi) is 5.00. The zero-order valence-corrected chi connectivity index (χ0v) is 16.3. The smallest absolute Gasteiger partial charge is 0.234 e. The van der Waals surface area contributed by atoms with Crippen molar-refractivity contribution in [3.63, 3.8) is 0 Å². The molecule has 5 heteroatoms. The van der Waals surface area contributed by atoms with Gasteiger partial charge in [0.25, 0.3) is 0 Å². The molecule has 26 heavy (non-hydrogen) atoms. The number of anilines is 1. The van der Waals surface area contributed by atoms with E-state index in [2.05, 4.69) is 33.4 Å². The van der Waals surface area contributed by atoms with E-state index in [9.17, 15) is 4.79 Å². The molecule has 1 N–H and O–H groups in total. The highest BCUT2D eigenvalue weighted by Crippen LogP contribution is 2.30. The number of thioether (sulfide) groups is 1. The molecule has 0 spiro atoms. The number of benzene rings is 3. The number of furan rings is 1. The maximum Gasteiger partial charge on any atom is 0.234 e. The quantitative estimate of drug-likeness (QED) is 0.412. The average molecular weight is 426 g/mol. The lowest BCUT2D eigenvalue weighted by atomic mass is 10.1. The van der Waals surface area contributed by atoms with Crippen LogP contribution in [0.25, 0.3) is 21.9 Å². The lowest BCUT2D eigenvalue weighted by Crippen LogP contribution is -2.14. The highest BCUT2D eigenvalue weighted by molar-refractivity contribution is 9.10. The Labute approximate surface area is 163 Å². The van der Waals surface area contributed by atoms with Gasteiger partial charge in [0, 0.05) is 32.8 Å². The van der Waals surface area contributed by atoms with Crippen LogP contribution < -0.4 is 5.32 Å². The van der Waals surface area contributed by atoms with Crippen molar-refractivity contribution in [1.29, 1.82) is 0 Å². The predicted octanol–water partition coefficient (Wildman–Crippen LogP) is 6.22. The van der Waals surface area contributed by atoms with E-state index < -0.39 is 0 Å². The zero-order chi connectivity index (χ0) is 17.9. The van der Waals surface area contributed by atoms with Gasteiger partial charge in [-0.25, -0.2) is 0 Å². The maximum atomic E-state index is 12.2. The summed E-state index contributed by atoms with van der Waals surface area (Å²) in [6.07, 6.45) is 0. The minimum absolute atomic E-state index is 0.0115. The van der Waals surface area contributed by atoms with Crippen LogP contribution in [0, 0.1) is 0 Å². The minimum Gasteiger partial charge on any atom is -0.456 e. The van der Waals surface area contributed by atoms with Gasteiger partial charge in [0.05, 0.1) is 5.75 Å². The van der Waals surface area contributed by atoms with Gasteiger partial charge >= 0.3 is 0 Å². The highest BCUT2D eigenvalue weighted by Gasteiger charge is 2.08. The fourth-order valence-corrected chi connectivity index (χ4v) is 3.90. The number of hydrogen-bond acceptors (Lipinski definition) is 3. The third-order valence-electron chi connectivity index (χ3n) is 4.08. The first kappa shape index (κ1) is 17.2. The molecule has 0 saturated carbocycles. The molecule has 0 aliphatic carbocycles. The van der Waals surface area contributed by atoms with Crippen LogP contribution in [0.1, 0.15) is 5.56 Å². The highest BCUT2D eigenvalue weighted by atomic mass is 79.9. The second kappa shape index (κ2) is 7.56. The number of para-hydroxylation sites is 1. The molecule has 3 aromatic carbocycles. The molecular weight excluding hydrogens is 410 g/mol. The summed E-state index contributed by atoms with van der Waals surface area (Å²) in [5.41, 5.74) is 3.60. The molecule has 0 bridgehead atoms. The van der Waals surface area contributed by atoms with E-state index in [1.54, 1.807) is 11.8 Å². The molecule has 3 nitrogen and oxygen atoms in total. The summed E-state index contributed by atoms with van der Waals surface area (Å²) >= 11 is 5.02. The lowest BCUT2D eigenvalue weighted by Gasteiger charge is -2.05. The fourth-order valence-electron chi connectivity index (χ4n) is 2.84. The molecule has 0 unspecified atom stereocenters. The lowest BCUT2D eigenvalue weighted by molar-refractivity contribution is -0.113. The number of amides is 1. The molecule has 0 radical (unpaired) electrons. The van der Waals surface area contributed by atoms with Crippen molar-refractivity contribution in [2.24, 2.45) is 0 Å². The molecule has 1 amide bonds. The zero-order valence-electron chi connectivity index (χ0n) is 13.9. The fraction of sp³-hybridized carbons (Fsp3) is 0.0952. The summed E-state index contributed by atoms with van der Waals surface area (Å²) < 4.78 is 6.92. The summed E-state index contributed by atoms with van der Waals surface area (Å²) in [5, 5.41) is 5.09. The Morgan fingerprint density at radius 2 is 1.73 bits per heavy atom. The molecule has 0 aliphatic heterocycles. The van der Waals surface area contributed by atoms with Crippen molar-refractivity contribution in [2.45, 2.75) is 5.75 Å². The van der Waals surface area contributed by atoms with Gasteiger partial charge in [0.2, 0.25) is 5.91 Å². The molecule has 0 saturated heterocycles. The van der Waals surface area contributed by atoms with E-state index in [0.29, 0.717) is 5.75 Å². The van der Waals surface area contributed by atoms with Gasteiger partial charge in [-0.3, -0.25) is 4.79 Å². The maximum absolute atomic E-state index is 12.2. The van der Waals surface area contributed by atoms with Gasteiger partial charge < -0.3 is 9.73 Å². The van der Waals surface area contributed by atoms with Crippen LogP contribution in [0.2, 0.25) is 0 Å². The molecule has 4 rings (SSSR count). The SMILES string of the molecule is O=C(CSCc1ccc(Br)cc1)Nc1ccc2c(c1)oc1ccccc12. The van der Waals surface area contributed by atoms with Gasteiger partial charge in [-0.2, -0.15) is 0 Å². The standard InChI is InChI=1S/C21H16BrNO2S/c22-15-7-5-14(6-8-15)12-26-13-21(24)23-16-9-10-18-17-3-1-2-4-19(17)25-20(18)11-16/h1-11H,12-13H2,(H,23,24). The number of halogens is 1. The number of carbonyl (C=O) groups excluding carboxylic acids is 1. The summed E-state index contributed by atoms with van der Waals surface area (Å²) in [4.78, 5) is 12.2. The summed E-state index contributed by atoms with van der Waals surface area (Å²) in [6.45, 7) is 0. The van der Waals surface area contributed by atoms with Crippen molar-refractivity contribution < 1.29 is 9.21 Å². The second-order valence-electron chi connectivity index (χ2n) is 5.98. The van der Waals surface area contributed by atoms with Gasteiger partial charge in [-0.05, 0) is 35.9 Å². The molecule has 0 fully saturated rings. The molecule has 0 aliphatic rings. The van der Waals surface area contributed by atoms with Crippen LogP contribution in [0.3, 0.4) is 0 Å². The largest absolute Gasteiger partial charge is 0.456 e. The van der Waals surface area contributed by atoms with Crippen LogP contribution in [0.5, 0.6) is 0 Å². The predicted molar refractivity (Wildman–Crippen MR) is 113 cm³/mol. The Morgan fingerprint density at radius 3 is 2.58 bits per heavy atom. The van der Waals surface area contributed by atoms with E-state index in [1.165, 1.54) is 5.56 Å². The third kappa shape index (κ3) is 3.79. The van der Waals surface area contributed by atoms with Crippen molar-refractivity contribution in [3.05, 3.63) is 76.8 Å². The molecular formula is C21H16BrNO2S. The van der Waals surface area contributed by atoms with E-state index in [-0.39, 0.29) is 5.91 Å². The summed E-state index contributed by atoms with van der Waals surface area (Å²) in [7, 11) is 0. The first-order valence-electron chi connectivity index (χ1n) is 8.22. The Hall–Kier alpha value is -2.24. The number of nitrogens with one attached hydrogen (secondary N) is 1. The average Bonchev–Trinajstić information content (AvgIpc) is 3.01. The molecule has 0 atom stereocenters. The number of carbonyl (C=O) groups is 1. The van der Waals surface area contributed by atoms with Crippen LogP contribution >= 0.6 is 27.7 Å². The number of rotatable bonds is 5. The van der Waals surface area contributed by atoms with Crippen LogP contribution in [0.4, 0.5) is 5.69 Å². The van der Waals surface area contributed by atoms with E-state index in [4.69, 9.17) is 4.42 Å². The summed E-state index contributed by atoms with van der Waals surface area (Å²) in [5.74, 6) is 1.21. The first-order chi connectivity index (χ1) is 12.7. The third-order valence-corrected chi connectivity index (χ3v) is 5.61. The Bertz CT molecular complexity index is 1070. The van der Waals surface area contributed by atoms with Gasteiger partial charge in [-0.15, -0.1) is 11.8 Å². The molecule has 130 valence electrons. The normalized spacial score (nSPS) is 11.1. The van der Waals surface area contributed by atoms with Crippen molar-refractivity contribution in [3.8, 4) is 0 Å².